The van der Waals surface area contributed by atoms with Gasteiger partial charge in [0.25, 0.3) is 0 Å². The molecule has 2 unspecified atom stereocenters. The molecule has 6 aromatic carbocycles. The summed E-state index contributed by atoms with van der Waals surface area (Å²) in [6.45, 7) is 61.2. The number of phenolic OH excluding ortho intramolecular Hbond substituents is 6. The summed E-state index contributed by atoms with van der Waals surface area (Å²) in [6, 6.07) is 24.7. The summed E-state index contributed by atoms with van der Waals surface area (Å²) >= 11 is 0. The van der Waals surface area contributed by atoms with Crippen LogP contribution in [0.2, 0.25) is 0 Å². The minimum Gasteiger partial charge on any atom is -0.508 e. The third kappa shape index (κ3) is 18.3. The quantitative estimate of drug-likeness (QED) is 0.0316. The van der Waals surface area contributed by atoms with Crippen molar-refractivity contribution in [3.8, 4) is 69.0 Å². The molecule has 8 fully saturated rings. The van der Waals surface area contributed by atoms with Gasteiger partial charge in [0.05, 0.1) is 0 Å². The molecule has 20 atom stereocenters. The minimum atomic E-state index is -0.0852. The Morgan fingerprint density at radius 3 is 0.731 bits per heavy atom. The Morgan fingerprint density at radius 1 is 0.285 bits per heavy atom. The molecule has 12 heteroatoms. The van der Waals surface area contributed by atoms with Crippen LogP contribution in [0.3, 0.4) is 0 Å². The molecule has 6 aromatic rings. The molecule has 0 aromatic heterocycles. The molecule has 130 heavy (non-hydrogen) atoms. The van der Waals surface area contributed by atoms with Crippen molar-refractivity contribution in [1.29, 1.82) is 0 Å². The van der Waals surface area contributed by atoms with E-state index in [9.17, 15) is 30.6 Å². The van der Waals surface area contributed by atoms with Gasteiger partial charge in [-0.1, -0.05) is 169 Å². The van der Waals surface area contributed by atoms with Gasteiger partial charge in [-0.3, -0.25) is 0 Å². The highest BCUT2D eigenvalue weighted by atomic mass is 16.5. The lowest BCUT2D eigenvalue weighted by Crippen LogP contribution is -2.59. The average molecular weight is 1770 g/mol. The van der Waals surface area contributed by atoms with Gasteiger partial charge in [0.2, 0.25) is 0 Å². The second kappa shape index (κ2) is 37.3. The summed E-state index contributed by atoms with van der Waals surface area (Å²) in [4.78, 5) is 0. The van der Waals surface area contributed by atoms with E-state index in [0.717, 1.165) is 234 Å². The molecule has 708 valence electrons. The third-order valence-electron chi connectivity index (χ3n) is 35.0. The zero-order chi connectivity index (χ0) is 93.6. The fourth-order valence-electron chi connectivity index (χ4n) is 28.6. The maximum Gasteiger partial charge on any atom is 0.127 e. The zero-order valence-corrected chi connectivity index (χ0v) is 83.6. The molecule has 8 bridgehead atoms. The number of unbranched alkanes of at least 4 members (excludes halogenated alkanes) is 4. The van der Waals surface area contributed by atoms with Gasteiger partial charge >= 0.3 is 0 Å². The Kier molecular flexibility index (Phi) is 27.7. The van der Waals surface area contributed by atoms with Crippen LogP contribution in [0, 0.1) is 58.2 Å². The number of fused-ring (bicyclic) bond motifs is 20. The number of benzene rings is 6. The van der Waals surface area contributed by atoms with E-state index in [1.807, 2.05) is 36.4 Å². The molecule has 8 aliphatic carbocycles. The monoisotopic (exact) mass is 1770 g/mol. The second-order valence-electron chi connectivity index (χ2n) is 46.3. The topological polar surface area (TPSA) is 177 Å². The predicted molar refractivity (Wildman–Crippen MR) is 530 cm³/mol. The highest BCUT2D eigenvalue weighted by molar-refractivity contribution is 5.60. The number of ether oxygens (including phenoxy) is 6. The van der Waals surface area contributed by atoms with Crippen molar-refractivity contribution in [2.24, 2.45) is 58.2 Å². The summed E-state index contributed by atoms with van der Waals surface area (Å²) in [7, 11) is 0. The lowest BCUT2D eigenvalue weighted by atomic mass is 9.45. The number of aryl methyl sites for hydroxylation is 6. The van der Waals surface area contributed by atoms with Gasteiger partial charge in [-0.15, -0.1) is 0 Å². The highest BCUT2D eigenvalue weighted by Gasteiger charge is 2.71. The molecule has 6 N–H and O–H groups in total. The van der Waals surface area contributed by atoms with Gasteiger partial charge in [0, 0.05) is 80.7 Å². The van der Waals surface area contributed by atoms with Gasteiger partial charge < -0.3 is 59.1 Å². The van der Waals surface area contributed by atoms with Gasteiger partial charge in [0.1, 0.15) is 103 Å². The summed E-state index contributed by atoms with van der Waals surface area (Å²) in [5.74, 6) is 15.0. The van der Waals surface area contributed by atoms with Crippen molar-refractivity contribution in [3.05, 3.63) is 188 Å². The van der Waals surface area contributed by atoms with Crippen LogP contribution in [0.5, 0.6) is 69.0 Å². The molecule has 0 saturated heterocycles. The molecular formula is C118H164O12. The van der Waals surface area contributed by atoms with Crippen LogP contribution < -0.4 is 28.4 Å². The molecule has 0 amide bonds. The van der Waals surface area contributed by atoms with E-state index < -0.39 is 0 Å². The maximum atomic E-state index is 10.7. The number of allylic oxidation sites excluding steroid dienone is 4. The Morgan fingerprint density at radius 2 is 0.508 bits per heavy atom. The van der Waals surface area contributed by atoms with Crippen LogP contribution in [-0.2, 0) is 38.5 Å². The zero-order valence-electron chi connectivity index (χ0n) is 83.6. The Hall–Kier alpha value is -8.12. The lowest BCUT2D eigenvalue weighted by Gasteiger charge is -2.62. The number of phenols is 6. The standard InChI is InChI=1S/2C21H30O2.4C19H26O2/c1-5-6-7-8-13-11-15(22)17-16(12-13)23-21(4)10-9-14-18(21)19(17)20(14,2)3;1-5-6-7-8-15-11-18(22)20-17-13-21(4,23-19(20)12-15)10-9-16(17)14(2)3;1-5-6-11-9-13(20)15-14(10-11)21-19(4)8-7-12-16(19)17(15)18(12,2)3;3*1-5-6-13-9-16(20)18-15-11-19(4,21-17(18)10-13)8-7-14(15)12(2)3/h11-12,14,18-19,22H,5-10H2,1-4H3;11-12,16-17,22H,2,5-10,13H2,1,3-4H3;9-10,12,16-17,20H,5-8H2,1-4H3;3*9-10,14-15,20H,2,5-8,11H2,1,3-4H3/t14?,18-,19-,21-;16-,17+,21+;12?,16-,17-,19-;14-,15+,19+;2*14-,15-,19-/m101010/s1. The van der Waals surface area contributed by atoms with Crippen LogP contribution >= 0.6 is 0 Å². The largest absolute Gasteiger partial charge is 0.508 e. The van der Waals surface area contributed by atoms with E-state index in [4.69, 9.17) is 28.4 Å². The number of hydrogen-bond acceptors (Lipinski definition) is 12. The first-order chi connectivity index (χ1) is 61.5. The van der Waals surface area contributed by atoms with E-state index in [0.29, 0.717) is 106 Å². The number of rotatable bonds is 20. The van der Waals surface area contributed by atoms with Crippen molar-refractivity contribution in [2.75, 3.05) is 0 Å². The Labute approximate surface area is 782 Å². The van der Waals surface area contributed by atoms with Gasteiger partial charge in [-0.25, -0.2) is 0 Å². The molecule has 6 aliphatic heterocycles. The molecule has 6 heterocycles. The van der Waals surface area contributed by atoms with Gasteiger partial charge in [-0.2, -0.15) is 0 Å². The Balaban J connectivity index is 0.000000120. The molecule has 0 spiro atoms. The van der Waals surface area contributed by atoms with Crippen molar-refractivity contribution in [3.63, 3.8) is 0 Å². The summed E-state index contributed by atoms with van der Waals surface area (Å²) in [5, 5.41) is 63.7. The second-order valence-corrected chi connectivity index (χ2v) is 46.3. The Bertz CT molecular complexity index is 4970. The minimum absolute atomic E-state index is 0.0187. The first-order valence-corrected chi connectivity index (χ1v) is 51.4. The highest BCUT2D eigenvalue weighted by Crippen LogP contribution is 2.76. The molecule has 14 aliphatic rings. The van der Waals surface area contributed by atoms with Crippen LogP contribution in [0.15, 0.2) is 121 Å². The first kappa shape index (κ1) is 96.5. The van der Waals surface area contributed by atoms with Crippen molar-refractivity contribution in [1.82, 2.24) is 0 Å². The lowest BCUT2D eigenvalue weighted by molar-refractivity contribution is -0.121. The average Bonchev–Trinajstić information content (AvgIpc) is 1.47. The van der Waals surface area contributed by atoms with E-state index >= 15 is 0 Å². The van der Waals surface area contributed by atoms with Gasteiger partial charge in [-0.05, 0) is 376 Å². The first-order valence-electron chi connectivity index (χ1n) is 51.4. The maximum absolute atomic E-state index is 10.7. The fraction of sp³-hybridized carbons (Fsp3) is 0.627. The molecule has 12 nitrogen and oxygen atoms in total. The van der Waals surface area contributed by atoms with E-state index in [1.165, 1.54) is 107 Å². The third-order valence-corrected chi connectivity index (χ3v) is 35.0. The van der Waals surface area contributed by atoms with Crippen molar-refractivity contribution < 1.29 is 59.1 Å². The fourth-order valence-corrected chi connectivity index (χ4v) is 28.6. The number of hydrogen-bond donors (Lipinski definition) is 6. The summed E-state index contributed by atoms with van der Waals surface area (Å²) in [6.07, 6.45) is 35.1. The SMILES string of the molecule is C=C(C)[C@@H]1CC[C@@]2(C)C[C@@H]1c1c(O)cc(CCC)cc1O2.C=C(C)[C@@H]1CC[C@]2(C)C[C@H]1c1c(O)cc(CCC)cc1O2.C=C(C)[C@@H]1CC[C@]2(C)C[C@H]1c1c(O)cc(CCCCC)cc1O2.C=C(C)[C@H]1CC[C@]2(C)C[C@H]1c1c(O)cc(CCC)cc1O2.CCCCCc1cc(O)c2c(c1)O[C@]1(C)CCC3[C@@H]1[C@@H]2C3(C)C.CCCc1cc(O)c2c(c1)O[C@]1(C)CCC3[C@@H]1[C@@H]2C3(C)C. The van der Waals surface area contributed by atoms with E-state index in [2.05, 4.69) is 201 Å². The van der Waals surface area contributed by atoms with E-state index in [-0.39, 0.29) is 44.4 Å². The van der Waals surface area contributed by atoms with Crippen LogP contribution in [0.4, 0.5) is 0 Å². The summed E-state index contributed by atoms with van der Waals surface area (Å²) < 4.78 is 38.2. The van der Waals surface area contributed by atoms with Crippen molar-refractivity contribution in [2.45, 2.75) is 413 Å². The molecule has 0 radical (unpaired) electrons. The number of aromatic hydroxyl groups is 6. The molecule has 20 rings (SSSR count). The predicted octanol–water partition coefficient (Wildman–Crippen LogP) is 30.7. The molecular weight excluding hydrogens is 1610 g/mol. The smallest absolute Gasteiger partial charge is 0.127 e. The van der Waals surface area contributed by atoms with Crippen LogP contribution in [0.25, 0.3) is 0 Å². The van der Waals surface area contributed by atoms with Crippen molar-refractivity contribution >= 4 is 0 Å². The summed E-state index contributed by atoms with van der Waals surface area (Å²) in [5.41, 5.74) is 18.5. The molecule has 8 saturated carbocycles. The van der Waals surface area contributed by atoms with Crippen LogP contribution in [0.1, 0.15) is 408 Å². The van der Waals surface area contributed by atoms with E-state index in [1.54, 1.807) is 0 Å². The normalized spacial score (nSPS) is 32.4. The van der Waals surface area contributed by atoms with Crippen LogP contribution in [-0.4, -0.2) is 64.2 Å². The van der Waals surface area contributed by atoms with Gasteiger partial charge in [0.15, 0.2) is 0 Å².